The maximum absolute atomic E-state index is 8.81. The number of aliphatic hydroxyl groups is 1. The SMILES string of the molecule is CSc1nnc(C(N)CO)c(C)n1. The first-order valence-corrected chi connectivity index (χ1v) is 5.03. The van der Waals surface area contributed by atoms with Crippen LogP contribution in [0, 0.1) is 6.92 Å². The molecule has 0 aliphatic rings. The number of thioether (sulfide) groups is 1. The predicted octanol–water partition coefficient (Wildman–Crippen LogP) is -0.106. The first-order chi connectivity index (χ1) is 6.19. The molecule has 1 aromatic heterocycles. The van der Waals surface area contributed by atoms with Crippen LogP contribution < -0.4 is 5.73 Å². The standard InChI is InChI=1S/C7H12N4OS/c1-4-6(5(8)3-12)10-11-7(9-4)13-2/h5,12H,3,8H2,1-2H3. The number of nitrogens with two attached hydrogens (primary N) is 1. The molecule has 0 fully saturated rings. The van der Waals surface area contributed by atoms with Crippen molar-refractivity contribution in [2.75, 3.05) is 12.9 Å². The van der Waals surface area contributed by atoms with Crippen LogP contribution in [-0.2, 0) is 0 Å². The fourth-order valence-corrected chi connectivity index (χ4v) is 1.26. The van der Waals surface area contributed by atoms with Crippen LogP contribution in [0.15, 0.2) is 5.16 Å². The van der Waals surface area contributed by atoms with Crippen molar-refractivity contribution in [2.45, 2.75) is 18.1 Å². The molecule has 72 valence electrons. The van der Waals surface area contributed by atoms with E-state index in [-0.39, 0.29) is 6.61 Å². The van der Waals surface area contributed by atoms with Gasteiger partial charge in [-0.15, -0.1) is 10.2 Å². The van der Waals surface area contributed by atoms with Gasteiger partial charge in [-0.1, -0.05) is 11.8 Å². The molecule has 0 spiro atoms. The van der Waals surface area contributed by atoms with E-state index in [2.05, 4.69) is 15.2 Å². The summed E-state index contributed by atoms with van der Waals surface area (Å²) in [5, 5.41) is 17.2. The molecule has 0 bridgehead atoms. The fourth-order valence-electron chi connectivity index (χ4n) is 0.908. The van der Waals surface area contributed by atoms with Gasteiger partial charge in [0.25, 0.3) is 0 Å². The van der Waals surface area contributed by atoms with Gasteiger partial charge in [0.1, 0.15) is 5.69 Å². The van der Waals surface area contributed by atoms with Gasteiger partial charge >= 0.3 is 0 Å². The summed E-state index contributed by atoms with van der Waals surface area (Å²) < 4.78 is 0. The summed E-state index contributed by atoms with van der Waals surface area (Å²) in [4.78, 5) is 4.16. The molecule has 1 rings (SSSR count). The van der Waals surface area contributed by atoms with Crippen molar-refractivity contribution in [3.63, 3.8) is 0 Å². The third-order valence-electron chi connectivity index (χ3n) is 1.61. The van der Waals surface area contributed by atoms with Gasteiger partial charge in [0.2, 0.25) is 5.16 Å². The number of aromatic nitrogens is 3. The molecule has 0 saturated heterocycles. The highest BCUT2D eigenvalue weighted by Crippen LogP contribution is 2.12. The molecular formula is C7H12N4OS. The van der Waals surface area contributed by atoms with Gasteiger partial charge in [-0.25, -0.2) is 4.98 Å². The summed E-state index contributed by atoms with van der Waals surface area (Å²) in [5.41, 5.74) is 6.87. The highest BCUT2D eigenvalue weighted by atomic mass is 32.2. The molecule has 3 N–H and O–H groups in total. The first kappa shape index (κ1) is 10.4. The molecular weight excluding hydrogens is 188 g/mol. The third-order valence-corrected chi connectivity index (χ3v) is 2.15. The van der Waals surface area contributed by atoms with E-state index in [1.165, 1.54) is 11.8 Å². The second-order valence-corrected chi connectivity index (χ2v) is 3.33. The number of rotatable bonds is 3. The van der Waals surface area contributed by atoms with Crippen LogP contribution in [0.1, 0.15) is 17.4 Å². The average Bonchev–Trinajstić information content (AvgIpc) is 2.16. The number of nitrogens with zero attached hydrogens (tertiary/aromatic N) is 3. The van der Waals surface area contributed by atoms with Crippen molar-refractivity contribution in [1.29, 1.82) is 0 Å². The molecule has 5 nitrogen and oxygen atoms in total. The molecule has 1 unspecified atom stereocenters. The largest absolute Gasteiger partial charge is 0.394 e. The van der Waals surface area contributed by atoms with Crippen LogP contribution >= 0.6 is 11.8 Å². The average molecular weight is 200 g/mol. The van der Waals surface area contributed by atoms with Gasteiger partial charge in [0, 0.05) is 0 Å². The lowest BCUT2D eigenvalue weighted by molar-refractivity contribution is 0.264. The summed E-state index contributed by atoms with van der Waals surface area (Å²) in [6, 6.07) is -0.490. The normalized spacial score (nSPS) is 12.9. The van der Waals surface area contributed by atoms with Crippen LogP contribution in [-0.4, -0.2) is 33.2 Å². The second-order valence-electron chi connectivity index (χ2n) is 2.56. The zero-order valence-electron chi connectivity index (χ0n) is 7.56. The van der Waals surface area contributed by atoms with E-state index in [0.717, 1.165) is 5.69 Å². The van der Waals surface area contributed by atoms with Gasteiger partial charge < -0.3 is 10.8 Å². The Kier molecular flexibility index (Phi) is 3.58. The van der Waals surface area contributed by atoms with Crippen LogP contribution in [0.3, 0.4) is 0 Å². The summed E-state index contributed by atoms with van der Waals surface area (Å²) in [7, 11) is 0. The van der Waals surface area contributed by atoms with E-state index in [1.807, 2.05) is 6.26 Å². The molecule has 0 radical (unpaired) electrons. The molecule has 13 heavy (non-hydrogen) atoms. The molecule has 0 aromatic carbocycles. The number of aliphatic hydroxyl groups excluding tert-OH is 1. The Morgan fingerprint density at radius 3 is 2.69 bits per heavy atom. The van der Waals surface area contributed by atoms with Crippen LogP contribution in [0.2, 0.25) is 0 Å². The minimum absolute atomic E-state index is 0.143. The Bertz CT molecular complexity index is 294. The van der Waals surface area contributed by atoms with Crippen molar-refractivity contribution in [3.8, 4) is 0 Å². The second kappa shape index (κ2) is 4.50. The summed E-state index contributed by atoms with van der Waals surface area (Å²) >= 11 is 1.42. The predicted molar refractivity (Wildman–Crippen MR) is 50.4 cm³/mol. The highest BCUT2D eigenvalue weighted by molar-refractivity contribution is 7.98. The Labute approximate surface area is 80.8 Å². The van der Waals surface area contributed by atoms with E-state index >= 15 is 0 Å². The zero-order chi connectivity index (χ0) is 9.84. The van der Waals surface area contributed by atoms with Gasteiger partial charge in [-0.2, -0.15) is 0 Å². The number of aryl methyl sites for hydroxylation is 1. The molecule has 1 aromatic rings. The Hall–Kier alpha value is -0.720. The minimum Gasteiger partial charge on any atom is -0.394 e. The molecule has 0 aliphatic carbocycles. The monoisotopic (exact) mass is 200 g/mol. The van der Waals surface area contributed by atoms with Crippen LogP contribution in [0.4, 0.5) is 0 Å². The smallest absolute Gasteiger partial charge is 0.209 e. The Morgan fingerprint density at radius 2 is 2.23 bits per heavy atom. The molecule has 1 heterocycles. The molecule has 6 heteroatoms. The maximum Gasteiger partial charge on any atom is 0.209 e. The summed E-state index contributed by atoms with van der Waals surface area (Å²) in [5.74, 6) is 0. The van der Waals surface area contributed by atoms with Crippen molar-refractivity contribution >= 4 is 11.8 Å². The molecule has 0 saturated carbocycles. The molecule has 1 atom stereocenters. The van der Waals surface area contributed by atoms with E-state index in [9.17, 15) is 0 Å². The van der Waals surface area contributed by atoms with Crippen molar-refractivity contribution in [1.82, 2.24) is 15.2 Å². The van der Waals surface area contributed by atoms with E-state index < -0.39 is 6.04 Å². The third kappa shape index (κ3) is 2.36. The first-order valence-electron chi connectivity index (χ1n) is 3.80. The van der Waals surface area contributed by atoms with Gasteiger partial charge in [0.05, 0.1) is 18.3 Å². The number of hydrogen-bond donors (Lipinski definition) is 2. The quantitative estimate of drug-likeness (QED) is 0.662. The molecule has 0 amide bonds. The summed E-state index contributed by atoms with van der Waals surface area (Å²) in [6.45, 7) is 1.66. The van der Waals surface area contributed by atoms with Crippen molar-refractivity contribution in [3.05, 3.63) is 11.4 Å². The van der Waals surface area contributed by atoms with Crippen molar-refractivity contribution in [2.24, 2.45) is 5.73 Å². The van der Waals surface area contributed by atoms with Crippen molar-refractivity contribution < 1.29 is 5.11 Å². The van der Waals surface area contributed by atoms with E-state index in [0.29, 0.717) is 10.9 Å². The maximum atomic E-state index is 8.81. The van der Waals surface area contributed by atoms with Gasteiger partial charge in [-0.3, -0.25) is 0 Å². The number of hydrogen-bond acceptors (Lipinski definition) is 6. The highest BCUT2D eigenvalue weighted by Gasteiger charge is 2.11. The molecule has 0 aliphatic heterocycles. The lowest BCUT2D eigenvalue weighted by Gasteiger charge is -2.08. The summed E-state index contributed by atoms with van der Waals surface area (Å²) in [6.07, 6.45) is 1.88. The Morgan fingerprint density at radius 1 is 1.54 bits per heavy atom. The fraction of sp³-hybridized carbons (Fsp3) is 0.571. The van der Waals surface area contributed by atoms with E-state index in [4.69, 9.17) is 10.8 Å². The van der Waals surface area contributed by atoms with Gasteiger partial charge in [-0.05, 0) is 13.2 Å². The van der Waals surface area contributed by atoms with Gasteiger partial charge in [0.15, 0.2) is 0 Å². The van der Waals surface area contributed by atoms with Crippen LogP contribution in [0.25, 0.3) is 0 Å². The topological polar surface area (TPSA) is 84.9 Å². The minimum atomic E-state index is -0.490. The lowest BCUT2D eigenvalue weighted by atomic mass is 10.2. The van der Waals surface area contributed by atoms with Crippen LogP contribution in [0.5, 0.6) is 0 Å². The Balaban J connectivity index is 2.98. The lowest BCUT2D eigenvalue weighted by Crippen LogP contribution is -2.19. The zero-order valence-corrected chi connectivity index (χ0v) is 8.38. The van der Waals surface area contributed by atoms with E-state index in [1.54, 1.807) is 6.92 Å².